The molecule has 0 bridgehead atoms. The number of halogens is 1. The molecule has 0 radical (unpaired) electrons. The highest BCUT2D eigenvalue weighted by Crippen LogP contribution is 2.47. The van der Waals surface area contributed by atoms with E-state index in [2.05, 4.69) is 0 Å². The number of nitrogens with zero attached hydrogens (tertiary/aromatic N) is 1. The zero-order valence-electron chi connectivity index (χ0n) is 16.9. The molecule has 3 aromatic rings. The number of hydrogen-bond acceptors (Lipinski definition) is 5. The van der Waals surface area contributed by atoms with Crippen LogP contribution in [0.1, 0.15) is 25.5 Å². The first-order valence-corrected chi connectivity index (χ1v) is 11.1. The summed E-state index contributed by atoms with van der Waals surface area (Å²) in [5, 5.41) is 0. The molecule has 8 heteroatoms. The van der Waals surface area contributed by atoms with Crippen molar-refractivity contribution < 1.29 is 27.1 Å². The van der Waals surface area contributed by atoms with E-state index in [1.54, 1.807) is 32.0 Å². The number of carbonyl (C=O) groups is 1. The maximum Gasteiger partial charge on any atom is 0.513 e. The average molecular weight is 441 g/mol. The zero-order valence-corrected chi connectivity index (χ0v) is 17.7. The molecule has 0 saturated carbocycles. The first-order chi connectivity index (χ1) is 14.8. The molecular formula is C23H20FNO5S. The van der Waals surface area contributed by atoms with Gasteiger partial charge >= 0.3 is 6.16 Å². The quantitative estimate of drug-likeness (QED) is 0.406. The van der Waals surface area contributed by atoms with E-state index in [4.69, 9.17) is 9.47 Å². The molecule has 0 amide bonds. The fourth-order valence-electron chi connectivity index (χ4n) is 3.73. The Labute approximate surface area is 179 Å². The van der Waals surface area contributed by atoms with Crippen molar-refractivity contribution in [2.75, 3.05) is 10.9 Å². The van der Waals surface area contributed by atoms with Gasteiger partial charge in [0.25, 0.3) is 10.0 Å². The van der Waals surface area contributed by atoms with Crippen LogP contribution in [0.4, 0.5) is 14.9 Å². The molecule has 0 N–H and O–H groups in total. The van der Waals surface area contributed by atoms with Crippen LogP contribution in [0.25, 0.3) is 11.1 Å². The predicted molar refractivity (Wildman–Crippen MR) is 114 cm³/mol. The summed E-state index contributed by atoms with van der Waals surface area (Å²) in [7, 11) is -4.00. The Bertz CT molecular complexity index is 1240. The van der Waals surface area contributed by atoms with Crippen LogP contribution in [0, 0.1) is 5.82 Å². The van der Waals surface area contributed by atoms with Crippen LogP contribution in [0.2, 0.25) is 0 Å². The molecule has 1 atom stereocenters. The first kappa shape index (κ1) is 20.9. The number of fused-ring (bicyclic) bond motifs is 3. The minimum absolute atomic E-state index is 0.0187. The maximum atomic E-state index is 14.0. The lowest BCUT2D eigenvalue weighted by molar-refractivity contribution is 0.104. The van der Waals surface area contributed by atoms with Crippen molar-refractivity contribution in [3.63, 3.8) is 0 Å². The second kappa shape index (κ2) is 8.03. The van der Waals surface area contributed by atoms with Crippen molar-refractivity contribution in [1.82, 2.24) is 0 Å². The third-order valence-corrected chi connectivity index (χ3v) is 6.99. The largest absolute Gasteiger partial charge is 0.513 e. The fourth-order valence-corrected chi connectivity index (χ4v) is 5.38. The molecule has 0 aliphatic carbocycles. The van der Waals surface area contributed by atoms with E-state index >= 15 is 0 Å². The number of sulfonamides is 1. The summed E-state index contributed by atoms with van der Waals surface area (Å²) < 4.78 is 52.2. The third kappa shape index (κ3) is 3.74. The summed E-state index contributed by atoms with van der Waals surface area (Å²) in [4.78, 5) is 11.5. The maximum absolute atomic E-state index is 14.0. The Balaban J connectivity index is 1.75. The highest BCUT2D eigenvalue weighted by Gasteiger charge is 2.36. The summed E-state index contributed by atoms with van der Waals surface area (Å²) in [5.41, 5.74) is 2.61. The molecular weight excluding hydrogens is 421 g/mol. The Hall–Kier alpha value is -3.39. The van der Waals surface area contributed by atoms with Crippen molar-refractivity contribution >= 4 is 21.9 Å². The highest BCUT2D eigenvalue weighted by molar-refractivity contribution is 7.92. The first-order valence-electron chi connectivity index (χ1n) is 9.71. The fraction of sp³-hybridized carbons (Fsp3) is 0.174. The summed E-state index contributed by atoms with van der Waals surface area (Å²) in [6.07, 6.45) is -0.865. The van der Waals surface area contributed by atoms with Gasteiger partial charge in [-0.15, -0.1) is 0 Å². The van der Waals surface area contributed by atoms with Gasteiger partial charge in [-0.1, -0.05) is 24.3 Å². The Morgan fingerprint density at radius 2 is 1.74 bits per heavy atom. The second-order valence-corrected chi connectivity index (χ2v) is 8.80. The van der Waals surface area contributed by atoms with Gasteiger partial charge in [-0.25, -0.2) is 17.6 Å². The summed E-state index contributed by atoms with van der Waals surface area (Å²) in [6, 6.07) is 16.4. The smallest absolute Gasteiger partial charge is 0.434 e. The van der Waals surface area contributed by atoms with Crippen LogP contribution in [-0.4, -0.2) is 21.2 Å². The number of hydrogen-bond donors (Lipinski definition) is 0. The Morgan fingerprint density at radius 1 is 1.03 bits per heavy atom. The zero-order chi connectivity index (χ0) is 22.2. The van der Waals surface area contributed by atoms with Crippen LogP contribution in [-0.2, 0) is 14.8 Å². The average Bonchev–Trinajstić information content (AvgIpc) is 2.74. The standard InChI is InChI=1S/C23H20FNO5S/c1-3-29-23(26)30-17-9-11-18(12-10-17)31(27,28)25-15(2)21-14-16(24)8-13-19(21)20-6-4-5-7-22(20)25/h4-15H,3H2,1-2H3/t15-/m1/s1. The van der Waals surface area contributed by atoms with Crippen molar-refractivity contribution in [3.8, 4) is 16.9 Å². The predicted octanol–water partition coefficient (Wildman–Crippen LogP) is 5.30. The lowest BCUT2D eigenvalue weighted by Gasteiger charge is -2.37. The second-order valence-electron chi connectivity index (χ2n) is 6.98. The molecule has 160 valence electrons. The van der Waals surface area contributed by atoms with Gasteiger partial charge in [0.05, 0.1) is 23.2 Å². The molecule has 0 saturated heterocycles. The van der Waals surface area contributed by atoms with E-state index in [0.717, 1.165) is 5.56 Å². The van der Waals surface area contributed by atoms with E-state index < -0.39 is 28.0 Å². The summed E-state index contributed by atoms with van der Waals surface area (Å²) in [5.74, 6) is -0.264. The number of ether oxygens (including phenoxy) is 2. The molecule has 1 aliphatic heterocycles. The van der Waals surface area contributed by atoms with E-state index in [1.165, 1.54) is 40.7 Å². The number of benzene rings is 3. The topological polar surface area (TPSA) is 72.9 Å². The molecule has 6 nitrogen and oxygen atoms in total. The van der Waals surface area contributed by atoms with Gasteiger partial charge in [0.1, 0.15) is 11.6 Å². The van der Waals surface area contributed by atoms with Gasteiger partial charge in [0, 0.05) is 5.56 Å². The van der Waals surface area contributed by atoms with Gasteiger partial charge < -0.3 is 9.47 Å². The van der Waals surface area contributed by atoms with Crippen LogP contribution >= 0.6 is 0 Å². The molecule has 0 unspecified atom stereocenters. The molecule has 0 spiro atoms. The molecule has 1 aliphatic rings. The lowest BCUT2D eigenvalue weighted by atomic mass is 9.90. The third-order valence-electron chi connectivity index (χ3n) is 5.09. The van der Waals surface area contributed by atoms with Crippen molar-refractivity contribution in [1.29, 1.82) is 0 Å². The Kier molecular flexibility index (Phi) is 5.41. The normalized spacial score (nSPS) is 15.1. The van der Waals surface area contributed by atoms with Crippen LogP contribution in [0.15, 0.2) is 71.6 Å². The van der Waals surface area contributed by atoms with Crippen LogP contribution < -0.4 is 9.04 Å². The van der Waals surface area contributed by atoms with E-state index in [-0.39, 0.29) is 17.3 Å². The SMILES string of the molecule is CCOC(=O)Oc1ccc(S(=O)(=O)N2c3ccccc3-c3ccc(F)cc3[C@H]2C)cc1. The lowest BCUT2D eigenvalue weighted by Crippen LogP contribution is -2.36. The van der Waals surface area contributed by atoms with Gasteiger partial charge in [-0.05, 0) is 67.4 Å². The summed E-state index contributed by atoms with van der Waals surface area (Å²) >= 11 is 0. The Morgan fingerprint density at radius 3 is 2.45 bits per heavy atom. The van der Waals surface area contributed by atoms with Gasteiger partial charge in [0.2, 0.25) is 0 Å². The van der Waals surface area contributed by atoms with E-state index in [0.29, 0.717) is 16.8 Å². The van der Waals surface area contributed by atoms with Crippen molar-refractivity contribution in [2.45, 2.75) is 24.8 Å². The molecule has 0 aromatic heterocycles. The van der Waals surface area contributed by atoms with Crippen LogP contribution in [0.5, 0.6) is 5.75 Å². The number of rotatable bonds is 4. The molecule has 1 heterocycles. The molecule has 0 fully saturated rings. The molecule has 31 heavy (non-hydrogen) atoms. The van der Waals surface area contributed by atoms with Gasteiger partial charge in [-0.2, -0.15) is 0 Å². The number of anilines is 1. The molecule has 3 aromatic carbocycles. The van der Waals surface area contributed by atoms with Gasteiger partial charge in [-0.3, -0.25) is 4.31 Å². The molecule has 4 rings (SSSR count). The monoisotopic (exact) mass is 441 g/mol. The minimum atomic E-state index is -4.00. The number of para-hydroxylation sites is 1. The van der Waals surface area contributed by atoms with Crippen molar-refractivity contribution in [3.05, 3.63) is 78.1 Å². The van der Waals surface area contributed by atoms with E-state index in [1.807, 2.05) is 12.1 Å². The van der Waals surface area contributed by atoms with Crippen LogP contribution in [0.3, 0.4) is 0 Å². The van der Waals surface area contributed by atoms with E-state index in [9.17, 15) is 17.6 Å². The van der Waals surface area contributed by atoms with Gasteiger partial charge in [0.15, 0.2) is 0 Å². The van der Waals surface area contributed by atoms with Crippen molar-refractivity contribution in [2.24, 2.45) is 0 Å². The summed E-state index contributed by atoms with van der Waals surface area (Å²) in [6.45, 7) is 3.54. The minimum Gasteiger partial charge on any atom is -0.434 e. The number of carbonyl (C=O) groups excluding carboxylic acids is 1. The highest BCUT2D eigenvalue weighted by atomic mass is 32.2.